The zero-order chi connectivity index (χ0) is 19.7. The predicted molar refractivity (Wildman–Crippen MR) is 115 cm³/mol. The van der Waals surface area contributed by atoms with Crippen molar-refractivity contribution in [2.24, 2.45) is 0 Å². The summed E-state index contributed by atoms with van der Waals surface area (Å²) in [6, 6.07) is 14.7. The lowest BCUT2D eigenvalue weighted by molar-refractivity contribution is -0.142. The van der Waals surface area contributed by atoms with Gasteiger partial charge in [0.1, 0.15) is 0 Å². The minimum absolute atomic E-state index is 0.795. The van der Waals surface area contributed by atoms with E-state index in [4.69, 9.17) is 0 Å². The molecule has 0 spiro atoms. The van der Waals surface area contributed by atoms with Crippen LogP contribution in [0.4, 0.5) is 11.4 Å². The normalized spacial score (nSPS) is 16.7. The summed E-state index contributed by atoms with van der Waals surface area (Å²) in [5.74, 6) is -0.795. The molecule has 0 saturated carbocycles. The van der Waals surface area contributed by atoms with Crippen LogP contribution in [0.1, 0.15) is 38.7 Å². The molecule has 2 heterocycles. The molecule has 5 heteroatoms. The maximum Gasteiger partial charge on any atom is 0.313 e. The standard InChI is InChI=1S/C23H28N2O2S/c1-23(2,22(26)27)17-10-11-21-19(16-17)25(15-7-14-24-12-5-6-13-24)18-8-3-4-9-20(18)28-21/h3-4,8-11,16H,5-7,12-15H2,1-2H3,(H,26,27). The lowest BCUT2D eigenvalue weighted by Crippen LogP contribution is -2.30. The van der Waals surface area contributed by atoms with Crippen LogP contribution in [0.3, 0.4) is 0 Å². The summed E-state index contributed by atoms with van der Waals surface area (Å²) in [5, 5.41) is 9.66. The number of para-hydroxylation sites is 1. The van der Waals surface area contributed by atoms with Crippen molar-refractivity contribution in [2.75, 3.05) is 31.1 Å². The van der Waals surface area contributed by atoms with Gasteiger partial charge in [-0.25, -0.2) is 0 Å². The Hall–Kier alpha value is -1.98. The van der Waals surface area contributed by atoms with Crippen LogP contribution in [0.25, 0.3) is 0 Å². The molecule has 28 heavy (non-hydrogen) atoms. The maximum absolute atomic E-state index is 11.8. The van der Waals surface area contributed by atoms with Crippen LogP contribution < -0.4 is 4.90 Å². The molecule has 148 valence electrons. The van der Waals surface area contributed by atoms with E-state index in [1.165, 1.54) is 41.4 Å². The molecular weight excluding hydrogens is 368 g/mol. The number of rotatable bonds is 6. The third-order valence-electron chi connectivity index (χ3n) is 5.94. The van der Waals surface area contributed by atoms with E-state index < -0.39 is 11.4 Å². The molecule has 2 aliphatic heterocycles. The number of nitrogens with zero attached hydrogens (tertiary/aromatic N) is 2. The fourth-order valence-electron chi connectivity index (χ4n) is 4.04. The Balaban J connectivity index is 1.65. The molecule has 0 radical (unpaired) electrons. The van der Waals surface area contributed by atoms with Crippen molar-refractivity contribution in [3.8, 4) is 0 Å². The highest BCUT2D eigenvalue weighted by Crippen LogP contribution is 2.49. The van der Waals surface area contributed by atoms with Crippen LogP contribution in [-0.4, -0.2) is 42.2 Å². The molecule has 2 aromatic carbocycles. The maximum atomic E-state index is 11.8. The van der Waals surface area contributed by atoms with E-state index in [0.29, 0.717) is 0 Å². The molecule has 2 aromatic rings. The summed E-state index contributed by atoms with van der Waals surface area (Å²) < 4.78 is 0. The molecule has 0 bridgehead atoms. The van der Waals surface area contributed by atoms with E-state index in [9.17, 15) is 9.90 Å². The second-order valence-corrected chi connectivity index (χ2v) is 9.32. The third-order valence-corrected chi connectivity index (χ3v) is 7.07. The largest absolute Gasteiger partial charge is 0.481 e. The van der Waals surface area contributed by atoms with Gasteiger partial charge in [0.25, 0.3) is 0 Å². The number of carboxylic acids is 1. The smallest absolute Gasteiger partial charge is 0.313 e. The number of likely N-dealkylation sites (tertiary alicyclic amines) is 1. The first-order chi connectivity index (χ1) is 13.5. The van der Waals surface area contributed by atoms with Crippen molar-refractivity contribution in [3.05, 3.63) is 48.0 Å². The van der Waals surface area contributed by atoms with Crippen LogP contribution in [0.15, 0.2) is 52.3 Å². The van der Waals surface area contributed by atoms with E-state index >= 15 is 0 Å². The van der Waals surface area contributed by atoms with Gasteiger partial charge in [-0.3, -0.25) is 4.79 Å². The molecule has 4 rings (SSSR count). The van der Waals surface area contributed by atoms with Crippen molar-refractivity contribution in [3.63, 3.8) is 0 Å². The Morgan fingerprint density at radius 1 is 1.04 bits per heavy atom. The minimum Gasteiger partial charge on any atom is -0.481 e. The summed E-state index contributed by atoms with van der Waals surface area (Å²) in [5.41, 5.74) is 2.31. The minimum atomic E-state index is -0.905. The Morgan fingerprint density at radius 2 is 1.75 bits per heavy atom. The average molecular weight is 397 g/mol. The fraction of sp³-hybridized carbons (Fsp3) is 0.435. The van der Waals surface area contributed by atoms with Crippen molar-refractivity contribution in [2.45, 2.75) is 48.3 Å². The van der Waals surface area contributed by atoms with Gasteiger partial charge in [0.05, 0.1) is 16.8 Å². The summed E-state index contributed by atoms with van der Waals surface area (Å²) in [6.45, 7) is 8.07. The van der Waals surface area contributed by atoms with E-state index in [2.05, 4.69) is 46.2 Å². The van der Waals surface area contributed by atoms with E-state index in [1.807, 2.05) is 6.07 Å². The molecule has 0 aliphatic carbocycles. The third kappa shape index (κ3) is 3.65. The van der Waals surface area contributed by atoms with E-state index in [0.717, 1.165) is 30.8 Å². The SMILES string of the molecule is CC(C)(C(=O)O)c1ccc2c(c1)N(CCCN1CCCC1)c1ccccc1S2. The molecule has 0 aromatic heterocycles. The topological polar surface area (TPSA) is 43.8 Å². The summed E-state index contributed by atoms with van der Waals surface area (Å²) in [7, 11) is 0. The first-order valence-electron chi connectivity index (χ1n) is 10.1. The zero-order valence-electron chi connectivity index (χ0n) is 16.6. The second kappa shape index (κ2) is 7.80. The first kappa shape index (κ1) is 19.3. The van der Waals surface area contributed by atoms with Crippen LogP contribution in [0.5, 0.6) is 0 Å². The summed E-state index contributed by atoms with van der Waals surface area (Å²) in [6.07, 6.45) is 3.74. The van der Waals surface area contributed by atoms with Crippen LogP contribution in [0, 0.1) is 0 Å². The molecule has 1 fully saturated rings. The van der Waals surface area contributed by atoms with Crippen molar-refractivity contribution >= 4 is 29.1 Å². The Kier molecular flexibility index (Phi) is 5.39. The van der Waals surface area contributed by atoms with Crippen molar-refractivity contribution < 1.29 is 9.90 Å². The van der Waals surface area contributed by atoms with Crippen LogP contribution >= 0.6 is 11.8 Å². The molecule has 1 N–H and O–H groups in total. The van der Waals surface area contributed by atoms with Crippen molar-refractivity contribution in [1.82, 2.24) is 4.90 Å². The van der Waals surface area contributed by atoms with E-state index in [-0.39, 0.29) is 0 Å². The molecule has 2 aliphatic rings. The molecule has 0 atom stereocenters. The number of aliphatic carboxylic acids is 1. The molecule has 4 nitrogen and oxygen atoms in total. The number of fused-ring (bicyclic) bond motifs is 2. The van der Waals surface area contributed by atoms with Gasteiger partial charge in [0.15, 0.2) is 0 Å². The summed E-state index contributed by atoms with van der Waals surface area (Å²) in [4.78, 5) is 19.2. The first-order valence-corrected chi connectivity index (χ1v) is 10.9. The van der Waals surface area contributed by atoms with Gasteiger partial charge < -0.3 is 14.9 Å². The number of hydrogen-bond acceptors (Lipinski definition) is 4. The number of carboxylic acid groups (broad SMARTS) is 1. The van der Waals surface area contributed by atoms with Gasteiger partial charge in [-0.1, -0.05) is 30.0 Å². The molecular formula is C23H28N2O2S. The van der Waals surface area contributed by atoms with Gasteiger partial charge in [-0.15, -0.1) is 0 Å². The monoisotopic (exact) mass is 396 g/mol. The van der Waals surface area contributed by atoms with Gasteiger partial charge in [-0.05, 0) is 82.6 Å². The number of hydrogen-bond donors (Lipinski definition) is 1. The van der Waals surface area contributed by atoms with Gasteiger partial charge >= 0.3 is 5.97 Å². The second-order valence-electron chi connectivity index (χ2n) is 8.24. The lowest BCUT2D eigenvalue weighted by Gasteiger charge is -2.34. The van der Waals surface area contributed by atoms with Crippen LogP contribution in [0.2, 0.25) is 0 Å². The Labute approximate surface area is 171 Å². The van der Waals surface area contributed by atoms with Gasteiger partial charge in [0, 0.05) is 16.3 Å². The fourth-order valence-corrected chi connectivity index (χ4v) is 5.12. The number of carbonyl (C=O) groups is 1. The van der Waals surface area contributed by atoms with E-state index in [1.54, 1.807) is 25.6 Å². The van der Waals surface area contributed by atoms with Crippen LogP contribution in [-0.2, 0) is 10.2 Å². The average Bonchev–Trinajstić information content (AvgIpc) is 3.20. The molecule has 1 saturated heterocycles. The highest BCUT2D eigenvalue weighted by Gasteiger charge is 2.32. The molecule has 0 amide bonds. The molecule has 0 unspecified atom stereocenters. The highest BCUT2D eigenvalue weighted by atomic mass is 32.2. The quantitative estimate of drug-likeness (QED) is 0.733. The number of anilines is 2. The van der Waals surface area contributed by atoms with Crippen molar-refractivity contribution in [1.29, 1.82) is 0 Å². The Bertz CT molecular complexity index is 875. The Morgan fingerprint density at radius 3 is 2.50 bits per heavy atom. The van der Waals surface area contributed by atoms with Gasteiger partial charge in [0.2, 0.25) is 0 Å². The number of benzene rings is 2. The highest BCUT2D eigenvalue weighted by molar-refractivity contribution is 7.99. The summed E-state index contributed by atoms with van der Waals surface area (Å²) >= 11 is 1.77. The predicted octanol–water partition coefficient (Wildman–Crippen LogP) is 5.14. The zero-order valence-corrected chi connectivity index (χ0v) is 17.5. The lowest BCUT2D eigenvalue weighted by atomic mass is 9.84. The van der Waals surface area contributed by atoms with Gasteiger partial charge in [-0.2, -0.15) is 0 Å².